The van der Waals surface area contributed by atoms with Crippen molar-refractivity contribution in [2.75, 3.05) is 17.6 Å². The van der Waals surface area contributed by atoms with Crippen LogP contribution < -0.4 is 10.0 Å². The Bertz CT molecular complexity index is 700. The molecule has 0 bridgehead atoms. The fourth-order valence-corrected chi connectivity index (χ4v) is 4.31. The normalized spacial score (nSPS) is 24.1. The first-order valence-electron chi connectivity index (χ1n) is 8.01. The van der Waals surface area contributed by atoms with Gasteiger partial charge in [-0.1, -0.05) is 37.5 Å². The zero-order valence-corrected chi connectivity index (χ0v) is 13.7. The first-order chi connectivity index (χ1) is 10.9. The molecule has 6 nitrogen and oxygen atoms in total. The summed E-state index contributed by atoms with van der Waals surface area (Å²) in [5.41, 5.74) is -0.598. The van der Waals surface area contributed by atoms with E-state index < -0.39 is 21.5 Å². The lowest BCUT2D eigenvalue weighted by atomic mass is 9.84. The van der Waals surface area contributed by atoms with Crippen LogP contribution in [0.2, 0.25) is 0 Å². The van der Waals surface area contributed by atoms with Crippen molar-refractivity contribution < 1.29 is 18.3 Å². The Labute approximate surface area is 136 Å². The van der Waals surface area contributed by atoms with Crippen LogP contribution in [-0.2, 0) is 20.4 Å². The van der Waals surface area contributed by atoms with Gasteiger partial charge in [-0.2, -0.15) is 0 Å². The van der Waals surface area contributed by atoms with Crippen molar-refractivity contribution in [2.24, 2.45) is 5.92 Å². The lowest BCUT2D eigenvalue weighted by Crippen LogP contribution is -2.39. The van der Waals surface area contributed by atoms with Crippen LogP contribution in [0, 0.1) is 5.92 Å². The number of nitrogens with one attached hydrogen (secondary N) is 2. The molecular weight excluding hydrogens is 316 g/mol. The number of carbonyl (C=O) groups is 1. The number of para-hydroxylation sites is 1. The van der Waals surface area contributed by atoms with E-state index in [1.807, 2.05) is 0 Å². The number of amides is 1. The van der Waals surface area contributed by atoms with Crippen LogP contribution in [0.1, 0.15) is 37.7 Å². The van der Waals surface area contributed by atoms with Crippen molar-refractivity contribution in [1.29, 1.82) is 0 Å². The molecule has 0 radical (unpaired) electrons. The van der Waals surface area contributed by atoms with E-state index >= 15 is 0 Å². The zero-order chi connectivity index (χ0) is 16.5. The Morgan fingerprint density at radius 2 is 2.04 bits per heavy atom. The van der Waals surface area contributed by atoms with E-state index in [1.165, 1.54) is 6.42 Å². The second-order valence-corrected chi connectivity index (χ2v) is 8.34. The molecule has 0 saturated heterocycles. The van der Waals surface area contributed by atoms with Crippen LogP contribution in [0.25, 0.3) is 0 Å². The van der Waals surface area contributed by atoms with Gasteiger partial charge in [0.15, 0.2) is 5.60 Å². The highest BCUT2D eigenvalue weighted by molar-refractivity contribution is 7.89. The van der Waals surface area contributed by atoms with Gasteiger partial charge in [-0.3, -0.25) is 4.79 Å². The average molecular weight is 338 g/mol. The smallest absolute Gasteiger partial charge is 0.261 e. The molecule has 23 heavy (non-hydrogen) atoms. The van der Waals surface area contributed by atoms with Gasteiger partial charge in [0, 0.05) is 24.2 Å². The number of sulfonamides is 1. The van der Waals surface area contributed by atoms with Crippen molar-refractivity contribution >= 4 is 21.6 Å². The molecule has 0 aromatic heterocycles. The van der Waals surface area contributed by atoms with Crippen molar-refractivity contribution in [3.63, 3.8) is 0 Å². The molecule has 1 unspecified atom stereocenters. The Morgan fingerprint density at radius 1 is 1.30 bits per heavy atom. The van der Waals surface area contributed by atoms with Gasteiger partial charge in [0.2, 0.25) is 10.0 Å². The van der Waals surface area contributed by atoms with Gasteiger partial charge in [0.25, 0.3) is 5.91 Å². The number of anilines is 1. The van der Waals surface area contributed by atoms with Crippen LogP contribution >= 0.6 is 0 Å². The van der Waals surface area contributed by atoms with Gasteiger partial charge < -0.3 is 10.4 Å². The fourth-order valence-electron chi connectivity index (χ4n) is 3.11. The van der Waals surface area contributed by atoms with Crippen molar-refractivity contribution in [1.82, 2.24) is 4.72 Å². The van der Waals surface area contributed by atoms with Crippen LogP contribution in [0.4, 0.5) is 5.69 Å². The maximum atomic E-state index is 12.0. The van der Waals surface area contributed by atoms with E-state index in [0.717, 1.165) is 12.8 Å². The summed E-state index contributed by atoms with van der Waals surface area (Å²) in [6.45, 7) is 0.0330. The highest BCUT2D eigenvalue weighted by Crippen LogP contribution is 2.37. The van der Waals surface area contributed by atoms with E-state index in [0.29, 0.717) is 23.6 Å². The van der Waals surface area contributed by atoms with Crippen LogP contribution in [-0.4, -0.2) is 31.7 Å². The number of carbonyl (C=O) groups excluding carboxylic acids is 1. The first kappa shape index (κ1) is 16.4. The lowest BCUT2D eigenvalue weighted by molar-refractivity contribution is -0.134. The molecular formula is C16H22N2O4S. The molecule has 1 aromatic carbocycles. The second-order valence-electron chi connectivity index (χ2n) is 6.41. The molecule has 1 aromatic rings. The molecule has 1 aliphatic heterocycles. The SMILES string of the molecule is O=C1Nc2ccccc2C1(O)CCNS(=O)(=O)CCC1CCC1. The Balaban J connectivity index is 1.56. The minimum absolute atomic E-state index is 0.0124. The zero-order valence-electron chi connectivity index (χ0n) is 12.9. The van der Waals surface area contributed by atoms with Gasteiger partial charge in [0.1, 0.15) is 0 Å². The maximum absolute atomic E-state index is 12.0. The number of hydrogen-bond donors (Lipinski definition) is 3. The predicted octanol–water partition coefficient (Wildman–Crippen LogP) is 1.33. The monoisotopic (exact) mass is 338 g/mol. The first-order valence-corrected chi connectivity index (χ1v) is 9.67. The van der Waals surface area contributed by atoms with E-state index in [-0.39, 0.29) is 18.7 Å². The van der Waals surface area contributed by atoms with Gasteiger partial charge in [-0.15, -0.1) is 0 Å². The molecule has 3 N–H and O–H groups in total. The molecule has 1 atom stereocenters. The molecule has 7 heteroatoms. The third kappa shape index (κ3) is 3.41. The predicted molar refractivity (Wildman–Crippen MR) is 87.3 cm³/mol. The van der Waals surface area contributed by atoms with E-state index in [9.17, 15) is 18.3 Å². The summed E-state index contributed by atoms with van der Waals surface area (Å²) < 4.78 is 26.5. The summed E-state index contributed by atoms with van der Waals surface area (Å²) >= 11 is 0. The summed E-state index contributed by atoms with van der Waals surface area (Å²) in [5.74, 6) is 0.134. The summed E-state index contributed by atoms with van der Waals surface area (Å²) in [6, 6.07) is 6.91. The van der Waals surface area contributed by atoms with Gasteiger partial charge in [0.05, 0.1) is 5.75 Å². The Hall–Kier alpha value is -1.44. The molecule has 1 heterocycles. The summed E-state index contributed by atoms with van der Waals surface area (Å²) in [7, 11) is -3.36. The number of aliphatic hydroxyl groups is 1. The number of fused-ring (bicyclic) bond motifs is 1. The van der Waals surface area contributed by atoms with E-state index in [4.69, 9.17) is 0 Å². The van der Waals surface area contributed by atoms with Gasteiger partial charge in [-0.25, -0.2) is 13.1 Å². The molecule has 1 amide bonds. The average Bonchev–Trinajstić information content (AvgIpc) is 2.69. The largest absolute Gasteiger partial charge is 0.375 e. The summed E-state index contributed by atoms with van der Waals surface area (Å²) in [4.78, 5) is 12.0. The Morgan fingerprint density at radius 3 is 2.74 bits per heavy atom. The van der Waals surface area contributed by atoms with Crippen LogP contribution in [0.3, 0.4) is 0 Å². The molecule has 126 valence electrons. The van der Waals surface area contributed by atoms with Crippen molar-refractivity contribution in [3.05, 3.63) is 29.8 Å². The molecule has 0 spiro atoms. The van der Waals surface area contributed by atoms with Crippen molar-refractivity contribution in [3.8, 4) is 0 Å². The summed E-state index contributed by atoms with van der Waals surface area (Å²) in [5, 5.41) is 13.3. The molecule has 1 saturated carbocycles. The number of rotatable bonds is 7. The summed E-state index contributed by atoms with van der Waals surface area (Å²) in [6.07, 6.45) is 4.12. The maximum Gasteiger partial charge on any atom is 0.261 e. The van der Waals surface area contributed by atoms with Crippen molar-refractivity contribution in [2.45, 2.75) is 37.7 Å². The van der Waals surface area contributed by atoms with E-state index in [2.05, 4.69) is 10.0 Å². The highest BCUT2D eigenvalue weighted by atomic mass is 32.2. The standard InChI is InChI=1S/C16H22N2O4S/c19-15-16(20,13-6-1-2-7-14(13)18-15)9-10-17-23(21,22)11-8-12-4-3-5-12/h1-2,6-7,12,17,20H,3-5,8-11H2,(H,18,19). The topological polar surface area (TPSA) is 95.5 Å². The highest BCUT2D eigenvalue weighted by Gasteiger charge is 2.44. The third-order valence-electron chi connectivity index (χ3n) is 4.82. The number of benzene rings is 1. The van der Waals surface area contributed by atoms with Crippen LogP contribution in [0.5, 0.6) is 0 Å². The van der Waals surface area contributed by atoms with Gasteiger partial charge in [-0.05, 0) is 18.4 Å². The third-order valence-corrected chi connectivity index (χ3v) is 6.24. The Kier molecular flexibility index (Phi) is 4.44. The minimum Gasteiger partial charge on any atom is -0.375 e. The lowest BCUT2D eigenvalue weighted by Gasteiger charge is -2.25. The number of hydrogen-bond acceptors (Lipinski definition) is 4. The fraction of sp³-hybridized carbons (Fsp3) is 0.562. The molecule has 3 rings (SSSR count). The molecule has 2 aliphatic rings. The minimum atomic E-state index is -3.36. The van der Waals surface area contributed by atoms with E-state index in [1.54, 1.807) is 24.3 Å². The van der Waals surface area contributed by atoms with Crippen LogP contribution in [0.15, 0.2) is 24.3 Å². The second kappa shape index (κ2) is 6.22. The van der Waals surface area contributed by atoms with Gasteiger partial charge >= 0.3 is 0 Å². The molecule has 1 aliphatic carbocycles. The molecule has 1 fully saturated rings. The quantitative estimate of drug-likeness (QED) is 0.699.